The molecule has 0 saturated carbocycles. The Kier molecular flexibility index (Phi) is 6.83. The summed E-state index contributed by atoms with van der Waals surface area (Å²) >= 11 is 8.66. The molecule has 1 saturated heterocycles. The highest BCUT2D eigenvalue weighted by atomic mass is 35.5. The molecule has 2 N–H and O–H groups in total. The zero-order chi connectivity index (χ0) is 22.0. The maximum absolute atomic E-state index is 10.9. The van der Waals surface area contributed by atoms with E-state index in [1.807, 2.05) is 5.38 Å². The number of rotatable bonds is 6. The largest absolute Gasteiger partial charge is 0.394 e. The fourth-order valence-corrected chi connectivity index (χ4v) is 5.35. The first-order chi connectivity index (χ1) is 15.0. The van der Waals surface area contributed by atoms with Crippen LogP contribution in [0.25, 0.3) is 15.5 Å². The Morgan fingerprint density at radius 1 is 1.45 bits per heavy atom. The van der Waals surface area contributed by atoms with Gasteiger partial charge in [-0.1, -0.05) is 23.4 Å². The number of nitrogens with zero attached hydrogens (tertiary/aromatic N) is 6. The minimum absolute atomic E-state index is 0.169. The average Bonchev–Trinajstić information content (AvgIpc) is 3.46. The lowest BCUT2D eigenvalue weighted by Crippen LogP contribution is -2.55. The van der Waals surface area contributed by atoms with Gasteiger partial charge in [0, 0.05) is 23.6 Å². The number of aromatic nitrogens is 5. The molecule has 31 heavy (non-hydrogen) atoms. The zero-order valence-electron chi connectivity index (χ0n) is 16.1. The number of methoxy groups -OCH3 is 1. The van der Waals surface area contributed by atoms with Crippen molar-refractivity contribution in [1.29, 1.82) is 0 Å². The van der Waals surface area contributed by atoms with Crippen LogP contribution in [0.3, 0.4) is 0 Å². The molecule has 162 valence electrons. The van der Waals surface area contributed by atoms with Gasteiger partial charge in [-0.25, -0.2) is 9.67 Å². The molecule has 0 bridgehead atoms. The normalized spacial score (nSPS) is 26.0. The van der Waals surface area contributed by atoms with Crippen LogP contribution in [0.4, 0.5) is 5.82 Å². The third-order valence-electron chi connectivity index (χ3n) is 4.71. The summed E-state index contributed by atoms with van der Waals surface area (Å²) in [6.45, 7) is 6.93. The molecule has 10 nitrogen and oxygen atoms in total. The van der Waals surface area contributed by atoms with Gasteiger partial charge in [0.15, 0.2) is 0 Å². The van der Waals surface area contributed by atoms with Crippen LogP contribution in [0.2, 0.25) is 5.02 Å². The second-order valence-electron chi connectivity index (χ2n) is 6.53. The maximum Gasteiger partial charge on any atom is 0.283 e. The van der Waals surface area contributed by atoms with Gasteiger partial charge in [0.05, 0.1) is 17.8 Å². The summed E-state index contributed by atoms with van der Waals surface area (Å²) in [5.74, 6) is 0.169. The molecule has 1 aliphatic heterocycles. The van der Waals surface area contributed by atoms with Crippen LogP contribution in [0.15, 0.2) is 34.9 Å². The molecule has 4 rings (SSSR count). The third kappa shape index (κ3) is 4.44. The van der Waals surface area contributed by atoms with Gasteiger partial charge in [-0.15, -0.1) is 33.2 Å². The molecular formula is C18H17ClN6O4S2. The van der Waals surface area contributed by atoms with Crippen LogP contribution >= 0.6 is 34.7 Å². The van der Waals surface area contributed by atoms with Crippen molar-refractivity contribution in [2.45, 2.75) is 34.7 Å². The van der Waals surface area contributed by atoms with Crippen LogP contribution in [0.1, 0.15) is 6.04 Å². The number of hydrogen-bond donors (Lipinski definition) is 2. The molecule has 5 atom stereocenters. The van der Waals surface area contributed by atoms with Gasteiger partial charge < -0.3 is 24.5 Å². The first-order valence-electron chi connectivity index (χ1n) is 9.04. The van der Waals surface area contributed by atoms with Gasteiger partial charge in [0.1, 0.15) is 46.7 Å². The highest BCUT2D eigenvalue weighted by Crippen LogP contribution is 2.42. The Morgan fingerprint density at radius 2 is 2.29 bits per heavy atom. The van der Waals surface area contributed by atoms with Crippen molar-refractivity contribution in [3.05, 3.63) is 46.5 Å². The van der Waals surface area contributed by atoms with E-state index in [2.05, 4.69) is 25.1 Å². The van der Waals surface area contributed by atoms with E-state index >= 15 is 0 Å². The SMILES string of the molecule is [C-]#[N+]c1ncc(Cl)cc1S[C@H]1OC(CO)[C@H](O)C(n2cc(-c3nccs3)nn2)[C@@H]1OC. The fourth-order valence-electron chi connectivity index (χ4n) is 3.29. The van der Waals surface area contributed by atoms with Crippen molar-refractivity contribution in [2.24, 2.45) is 0 Å². The van der Waals surface area contributed by atoms with E-state index in [1.54, 1.807) is 18.5 Å². The Bertz CT molecular complexity index is 1080. The second-order valence-corrected chi connectivity index (χ2v) is 9.00. The number of pyridine rings is 1. The smallest absolute Gasteiger partial charge is 0.283 e. The molecule has 0 aromatic carbocycles. The summed E-state index contributed by atoms with van der Waals surface area (Å²) < 4.78 is 13.1. The van der Waals surface area contributed by atoms with Crippen LogP contribution in [0, 0.1) is 6.57 Å². The summed E-state index contributed by atoms with van der Waals surface area (Å²) in [4.78, 5) is 12.2. The quantitative estimate of drug-likeness (QED) is 0.512. The molecule has 4 heterocycles. The van der Waals surface area contributed by atoms with Crippen molar-refractivity contribution in [2.75, 3.05) is 13.7 Å². The minimum Gasteiger partial charge on any atom is -0.394 e. The Hall–Kier alpha value is -2.11. The first kappa shape index (κ1) is 22.1. The maximum atomic E-state index is 10.9. The Morgan fingerprint density at radius 3 is 2.97 bits per heavy atom. The molecule has 0 radical (unpaired) electrons. The van der Waals surface area contributed by atoms with E-state index in [-0.39, 0.29) is 5.82 Å². The molecule has 3 aromatic heterocycles. The lowest BCUT2D eigenvalue weighted by atomic mass is 9.97. The summed E-state index contributed by atoms with van der Waals surface area (Å²) in [5.41, 5.74) is -0.133. The molecule has 1 fully saturated rings. The van der Waals surface area contributed by atoms with Crippen LogP contribution in [-0.4, -0.2) is 72.6 Å². The summed E-state index contributed by atoms with van der Waals surface area (Å²) in [7, 11) is 1.49. The monoisotopic (exact) mass is 480 g/mol. The van der Waals surface area contributed by atoms with Gasteiger partial charge in [-0.05, 0) is 6.07 Å². The van der Waals surface area contributed by atoms with E-state index in [4.69, 9.17) is 27.6 Å². The first-order valence-corrected chi connectivity index (χ1v) is 11.2. The second kappa shape index (κ2) is 9.58. The van der Waals surface area contributed by atoms with Crippen molar-refractivity contribution in [3.8, 4) is 10.7 Å². The van der Waals surface area contributed by atoms with Gasteiger partial charge in [-0.2, -0.15) is 0 Å². The fraction of sp³-hybridized carbons (Fsp3) is 0.389. The van der Waals surface area contributed by atoms with Gasteiger partial charge in [0.2, 0.25) is 0 Å². The molecule has 0 aliphatic carbocycles. The highest BCUT2D eigenvalue weighted by Gasteiger charge is 2.47. The van der Waals surface area contributed by atoms with E-state index < -0.39 is 36.4 Å². The Labute approximate surface area is 190 Å². The molecule has 0 spiro atoms. The average molecular weight is 481 g/mol. The summed E-state index contributed by atoms with van der Waals surface area (Å²) in [6, 6.07) is 0.908. The number of thiazole rings is 1. The molecule has 0 amide bonds. The van der Waals surface area contributed by atoms with Crippen LogP contribution in [-0.2, 0) is 9.47 Å². The van der Waals surface area contributed by atoms with Crippen molar-refractivity contribution >= 4 is 40.5 Å². The molecular weight excluding hydrogens is 464 g/mol. The van der Waals surface area contributed by atoms with E-state index in [1.165, 1.54) is 41.1 Å². The highest BCUT2D eigenvalue weighted by molar-refractivity contribution is 8.00. The van der Waals surface area contributed by atoms with Crippen molar-refractivity contribution < 1.29 is 19.7 Å². The molecule has 3 aromatic rings. The van der Waals surface area contributed by atoms with Gasteiger partial charge in [-0.3, -0.25) is 0 Å². The lowest BCUT2D eigenvalue weighted by molar-refractivity contribution is -0.186. The lowest BCUT2D eigenvalue weighted by Gasteiger charge is -2.43. The van der Waals surface area contributed by atoms with E-state index in [0.29, 0.717) is 20.6 Å². The standard InChI is InChI=1S/C18H17ClN6O4S2/c1-20-16-12(5-9(19)6-22-16)31-18-15(28-2)13(14(27)11(8-26)29-18)25-7-10(23-24-25)17-21-3-4-30-17/h3-7,11,13-15,18,26-27H,8H2,2H3/t11?,13?,14-,15-,18+/m0/s1. The van der Waals surface area contributed by atoms with Crippen molar-refractivity contribution in [3.63, 3.8) is 0 Å². The van der Waals surface area contributed by atoms with E-state index in [0.717, 1.165) is 0 Å². The van der Waals surface area contributed by atoms with Gasteiger partial charge >= 0.3 is 0 Å². The van der Waals surface area contributed by atoms with Crippen LogP contribution in [0.5, 0.6) is 0 Å². The number of thioether (sulfide) groups is 1. The Balaban J connectivity index is 1.68. The predicted octanol–water partition coefficient (Wildman–Crippen LogP) is 2.43. The number of hydrogen-bond acceptors (Lipinski definition) is 10. The van der Waals surface area contributed by atoms with E-state index in [9.17, 15) is 10.2 Å². The summed E-state index contributed by atoms with van der Waals surface area (Å²) in [5, 5.41) is 31.9. The topological polar surface area (TPSA) is 120 Å². The molecule has 2 unspecified atom stereocenters. The van der Waals surface area contributed by atoms with Crippen LogP contribution < -0.4 is 0 Å². The number of aliphatic hydroxyl groups is 2. The minimum atomic E-state index is -1.12. The molecule has 13 heteroatoms. The number of aliphatic hydroxyl groups excluding tert-OH is 2. The molecule has 1 aliphatic rings. The third-order valence-corrected chi connectivity index (χ3v) is 6.88. The number of halogens is 1. The van der Waals surface area contributed by atoms with Crippen molar-refractivity contribution in [1.82, 2.24) is 25.0 Å². The number of ether oxygens (including phenoxy) is 2. The summed E-state index contributed by atoms with van der Waals surface area (Å²) in [6.07, 6.45) is 2.04. The zero-order valence-corrected chi connectivity index (χ0v) is 18.5. The predicted molar refractivity (Wildman–Crippen MR) is 114 cm³/mol. The van der Waals surface area contributed by atoms with Gasteiger partial charge in [0.25, 0.3) is 5.82 Å².